The molecule has 0 saturated heterocycles. The van der Waals surface area contributed by atoms with Crippen molar-refractivity contribution in [2.45, 2.75) is 24.7 Å². The third-order valence-electron chi connectivity index (χ3n) is 11.9. The van der Waals surface area contributed by atoms with Crippen LogP contribution in [0.5, 0.6) is 0 Å². The van der Waals surface area contributed by atoms with Gasteiger partial charge in [0.05, 0.1) is 79.7 Å². The van der Waals surface area contributed by atoms with Crippen LogP contribution in [-0.2, 0) is 24.7 Å². The van der Waals surface area contributed by atoms with E-state index in [9.17, 15) is 57.9 Å². The van der Waals surface area contributed by atoms with Crippen LogP contribution < -0.4 is 0 Å². The van der Waals surface area contributed by atoms with Crippen LogP contribution in [0.15, 0.2) is 158 Å². The van der Waals surface area contributed by atoms with Gasteiger partial charge in [0, 0.05) is 27.1 Å². The van der Waals surface area contributed by atoms with E-state index in [1.165, 1.54) is 24.3 Å². The van der Waals surface area contributed by atoms with Crippen LogP contribution in [0.2, 0.25) is 0 Å². The molecular weight excluding hydrogens is 909 g/mol. The van der Waals surface area contributed by atoms with E-state index in [1.807, 2.05) is 9.13 Å². The monoisotopic (exact) mass is 934 g/mol. The Labute approximate surface area is 376 Å². The molecule has 3 aromatic heterocycles. The fraction of sp³-hybridized carbons (Fsp3) is 0.0769. The number of hydrogen-bond acceptors (Lipinski definition) is 2. The van der Waals surface area contributed by atoms with E-state index < -0.39 is 47.0 Å². The fourth-order valence-corrected chi connectivity index (χ4v) is 8.85. The first kappa shape index (κ1) is 43.8. The number of fused-ring (bicyclic) bond motifs is 6. The lowest BCUT2D eigenvalue weighted by atomic mass is 9.97. The molecule has 0 unspecified atom stereocenters. The summed E-state index contributed by atoms with van der Waals surface area (Å²) in [6.07, 6.45) is -17.1. The van der Waals surface area contributed by atoms with E-state index in [1.54, 1.807) is 97.3 Å². The van der Waals surface area contributed by atoms with E-state index in [0.717, 1.165) is 0 Å². The molecule has 0 aliphatic carbocycles. The van der Waals surface area contributed by atoms with Crippen LogP contribution in [-0.4, -0.2) is 14.1 Å². The maximum Gasteiger partial charge on any atom is 0.416 e. The molecule has 0 aliphatic heterocycles. The van der Waals surface area contributed by atoms with Crippen molar-refractivity contribution in [2.75, 3.05) is 0 Å². The van der Waals surface area contributed by atoms with Crippen LogP contribution in [0.1, 0.15) is 27.8 Å². The van der Waals surface area contributed by atoms with E-state index in [0.29, 0.717) is 95.9 Å². The average Bonchev–Trinajstić information content (AvgIpc) is 3.82. The Morgan fingerprint density at radius 1 is 0.368 bits per heavy atom. The molecule has 0 spiro atoms. The number of alkyl halides is 12. The van der Waals surface area contributed by atoms with Crippen molar-refractivity contribution in [2.24, 2.45) is 0 Å². The summed E-state index contributed by atoms with van der Waals surface area (Å²) in [6, 6.07) is 34.7. The van der Waals surface area contributed by atoms with Crippen molar-refractivity contribution in [3.63, 3.8) is 0 Å². The highest BCUT2D eigenvalue weighted by molar-refractivity contribution is 6.13. The largest absolute Gasteiger partial charge is 0.416 e. The number of pyridine rings is 1. The van der Waals surface area contributed by atoms with E-state index in [-0.39, 0.29) is 34.4 Å². The molecule has 10 aromatic rings. The number of benzene rings is 7. The second-order valence-electron chi connectivity index (χ2n) is 16.0. The molecule has 0 N–H and O–H groups in total. The smallest absolute Gasteiger partial charge is 0.307 e. The van der Waals surface area contributed by atoms with E-state index in [2.05, 4.69) is 11.1 Å². The molecule has 0 amide bonds. The van der Waals surface area contributed by atoms with Crippen LogP contribution in [0.25, 0.3) is 88.4 Å². The summed E-state index contributed by atoms with van der Waals surface area (Å²) < 4.78 is 171. The Balaban J connectivity index is 1.23. The first-order valence-corrected chi connectivity index (χ1v) is 20.3. The normalized spacial score (nSPS) is 12.7. The molecule has 7 aromatic carbocycles. The third kappa shape index (κ3) is 7.53. The zero-order valence-corrected chi connectivity index (χ0v) is 34.3. The molecular formula is C52H26F12N4. The third-order valence-corrected chi connectivity index (χ3v) is 11.9. The van der Waals surface area contributed by atoms with Gasteiger partial charge in [-0.2, -0.15) is 57.9 Å². The van der Waals surface area contributed by atoms with Crippen LogP contribution in [0.3, 0.4) is 0 Å². The van der Waals surface area contributed by atoms with E-state index >= 15 is 0 Å². The predicted octanol–water partition coefficient (Wildman–Crippen LogP) is 16.2. The fourth-order valence-electron chi connectivity index (χ4n) is 8.85. The molecule has 0 aliphatic rings. The van der Waals surface area contributed by atoms with Gasteiger partial charge in [-0.15, -0.1) is 0 Å². The second kappa shape index (κ2) is 15.5. The molecule has 338 valence electrons. The number of aromatic nitrogens is 3. The summed E-state index contributed by atoms with van der Waals surface area (Å²) in [5, 5.41) is 11.9. The number of hydrogen-bond donors (Lipinski definition) is 0. The van der Waals surface area contributed by atoms with Gasteiger partial charge in [0.2, 0.25) is 0 Å². The quantitative estimate of drug-likeness (QED) is 0.161. The van der Waals surface area contributed by atoms with Crippen molar-refractivity contribution >= 4 is 43.6 Å². The minimum absolute atomic E-state index is 0.0675. The minimum atomic E-state index is -5.07. The zero-order valence-electron chi connectivity index (χ0n) is 34.3. The molecule has 0 atom stereocenters. The summed E-state index contributed by atoms with van der Waals surface area (Å²) in [5.74, 6) is 0. The van der Waals surface area contributed by atoms with Crippen molar-refractivity contribution in [3.8, 4) is 50.8 Å². The lowest BCUT2D eigenvalue weighted by Crippen LogP contribution is -2.11. The number of rotatable bonds is 5. The highest BCUT2D eigenvalue weighted by Crippen LogP contribution is 2.45. The Morgan fingerprint density at radius 2 is 0.721 bits per heavy atom. The van der Waals surface area contributed by atoms with Gasteiger partial charge >= 0.3 is 24.7 Å². The van der Waals surface area contributed by atoms with Gasteiger partial charge in [-0.3, -0.25) is 4.98 Å². The van der Waals surface area contributed by atoms with Crippen molar-refractivity contribution < 1.29 is 52.7 Å². The summed E-state index contributed by atoms with van der Waals surface area (Å²) in [7, 11) is 0. The predicted molar refractivity (Wildman–Crippen MR) is 234 cm³/mol. The minimum Gasteiger partial charge on any atom is -0.307 e. The summed E-state index contributed by atoms with van der Waals surface area (Å²) in [6.45, 7) is 0. The first-order chi connectivity index (χ1) is 32.2. The number of para-hydroxylation sites is 2. The topological polar surface area (TPSA) is 46.5 Å². The second-order valence-corrected chi connectivity index (χ2v) is 16.0. The standard InChI is InChI=1S/C52H26F12N4/c53-49(54,55)34-17-32(18-35(23-34)50(56,57)58)30-13-15-44-40(21-30)38-5-1-3-7-42(38)67(44)46-26-66-27-47(48(46)29-11-9-28(25-65)10-12-29)68-43-8-4-2-6-39(43)41-22-31(14-16-45(41)68)33-19-36(51(59,60)61)24-37(20-33)52(62,63)64/h1-24,26-27H. The van der Waals surface area contributed by atoms with Gasteiger partial charge in [-0.05, 0) is 113 Å². The summed E-state index contributed by atoms with van der Waals surface area (Å²) >= 11 is 0. The number of halogens is 12. The molecule has 0 fully saturated rings. The van der Waals surface area contributed by atoms with Crippen LogP contribution in [0, 0.1) is 11.3 Å². The Hall–Kier alpha value is -8.06. The number of nitriles is 1. The van der Waals surface area contributed by atoms with E-state index in [4.69, 9.17) is 0 Å². The van der Waals surface area contributed by atoms with Crippen LogP contribution >= 0.6 is 0 Å². The highest BCUT2D eigenvalue weighted by atomic mass is 19.4. The van der Waals surface area contributed by atoms with Crippen molar-refractivity contribution in [1.82, 2.24) is 14.1 Å². The highest BCUT2D eigenvalue weighted by Gasteiger charge is 2.38. The van der Waals surface area contributed by atoms with Gasteiger partial charge in [0.25, 0.3) is 0 Å². The molecule has 10 rings (SSSR count). The molecule has 0 bridgehead atoms. The Morgan fingerprint density at radius 3 is 1.09 bits per heavy atom. The average molecular weight is 935 g/mol. The van der Waals surface area contributed by atoms with Gasteiger partial charge in [-0.1, -0.05) is 60.7 Å². The molecule has 4 nitrogen and oxygen atoms in total. The number of nitrogens with zero attached hydrogens (tertiary/aromatic N) is 4. The molecule has 0 radical (unpaired) electrons. The summed E-state index contributed by atoms with van der Waals surface area (Å²) in [5.41, 5.74) is -1.79. The van der Waals surface area contributed by atoms with Crippen LogP contribution in [0.4, 0.5) is 52.7 Å². The van der Waals surface area contributed by atoms with Gasteiger partial charge in [0.1, 0.15) is 0 Å². The molecule has 0 saturated carbocycles. The molecule has 16 heteroatoms. The molecule has 3 heterocycles. The zero-order chi connectivity index (χ0) is 48.1. The van der Waals surface area contributed by atoms with Crippen molar-refractivity contribution in [1.29, 1.82) is 5.26 Å². The first-order valence-electron chi connectivity index (χ1n) is 20.3. The van der Waals surface area contributed by atoms with Gasteiger partial charge < -0.3 is 9.13 Å². The lowest BCUT2D eigenvalue weighted by molar-refractivity contribution is -0.144. The van der Waals surface area contributed by atoms with Crippen molar-refractivity contribution in [3.05, 3.63) is 186 Å². The Bertz CT molecular complexity index is 3420. The maximum atomic E-state index is 14.0. The lowest BCUT2D eigenvalue weighted by Gasteiger charge is -2.19. The van der Waals surface area contributed by atoms with Gasteiger partial charge in [-0.25, -0.2) is 0 Å². The summed E-state index contributed by atoms with van der Waals surface area (Å²) in [4.78, 5) is 4.68. The SMILES string of the molecule is N#Cc1ccc(-c2c(-n3c4ccccc4c4cc(-c5cc(C(F)(F)F)cc(C(F)(F)F)c5)ccc43)cncc2-n2c3ccccc3c3cc(-c4cc(C(F)(F)F)cc(C(F)(F)F)c4)ccc32)cc1. The Kier molecular flexibility index (Phi) is 9.99. The molecule has 68 heavy (non-hydrogen) atoms. The van der Waals surface area contributed by atoms with Gasteiger partial charge in [0.15, 0.2) is 0 Å². The maximum absolute atomic E-state index is 14.0.